The molecule has 2 aromatic heterocycles. The molecule has 8 nitrogen and oxygen atoms in total. The molecule has 1 amide bonds. The number of aromatic nitrogens is 3. The van der Waals surface area contributed by atoms with Gasteiger partial charge in [0.25, 0.3) is 0 Å². The number of carbonyl (C=O) groups is 1. The van der Waals surface area contributed by atoms with Crippen molar-refractivity contribution in [3.63, 3.8) is 0 Å². The van der Waals surface area contributed by atoms with Crippen LogP contribution >= 0.6 is 11.6 Å². The van der Waals surface area contributed by atoms with Crippen LogP contribution in [0.5, 0.6) is 5.88 Å². The minimum Gasteiger partial charge on any atom is -0.474 e. The third kappa shape index (κ3) is 4.41. The van der Waals surface area contributed by atoms with Crippen molar-refractivity contribution in [1.82, 2.24) is 19.4 Å². The third-order valence-electron chi connectivity index (χ3n) is 6.70. The normalized spacial score (nSPS) is 22.3. The first-order valence-corrected chi connectivity index (χ1v) is 11.8. The number of fused-ring (bicyclic) bond motifs is 3. The van der Waals surface area contributed by atoms with Crippen molar-refractivity contribution < 1.29 is 27.4 Å². The average Bonchev–Trinajstić information content (AvgIpc) is 3.37. The Hall–Kier alpha value is -3.52. The van der Waals surface area contributed by atoms with E-state index >= 15 is 0 Å². The summed E-state index contributed by atoms with van der Waals surface area (Å²) in [5.41, 5.74) is 1.65. The van der Waals surface area contributed by atoms with Crippen molar-refractivity contribution in [2.24, 2.45) is 0 Å². The smallest absolute Gasteiger partial charge is 0.425 e. The summed E-state index contributed by atoms with van der Waals surface area (Å²) in [6.45, 7) is 0.827. The molecular weight excluding hydrogens is 499 g/mol. The number of rotatable bonds is 4. The summed E-state index contributed by atoms with van der Waals surface area (Å²) >= 11 is 6.38. The molecule has 2 aliphatic rings. The Morgan fingerprint density at radius 1 is 1.22 bits per heavy atom. The number of piperidine rings is 1. The topological polar surface area (TPSA) is 93.3 Å². The number of amides is 1. The van der Waals surface area contributed by atoms with Crippen LogP contribution in [0.1, 0.15) is 38.2 Å². The van der Waals surface area contributed by atoms with Crippen molar-refractivity contribution in [2.75, 3.05) is 0 Å². The highest BCUT2D eigenvalue weighted by Gasteiger charge is 2.47. The van der Waals surface area contributed by atoms with Crippen LogP contribution in [0.25, 0.3) is 16.7 Å². The third-order valence-corrected chi connectivity index (χ3v) is 7.00. The molecule has 4 heterocycles. The Labute approximate surface area is 209 Å². The number of nitrogens with zero attached hydrogens (tertiary/aromatic N) is 5. The van der Waals surface area contributed by atoms with Crippen molar-refractivity contribution in [3.8, 4) is 17.6 Å². The lowest BCUT2D eigenvalue weighted by molar-refractivity contribution is -0.200. The van der Waals surface area contributed by atoms with Gasteiger partial charge in [0.05, 0.1) is 27.7 Å². The lowest BCUT2D eigenvalue weighted by Gasteiger charge is -2.38. The summed E-state index contributed by atoms with van der Waals surface area (Å²) in [7, 11) is 0. The van der Waals surface area contributed by atoms with Crippen molar-refractivity contribution in [2.45, 2.75) is 63.1 Å². The van der Waals surface area contributed by atoms with Crippen LogP contribution in [0.4, 0.5) is 18.0 Å². The van der Waals surface area contributed by atoms with E-state index in [0.29, 0.717) is 58.9 Å². The standard InChI is InChI=1S/C24H21ClF3N5O3/c1-13(24(26,27)28)35-23(34)33-15-3-4-16(33)10-17(9-15)36-22-18-6-7-32(21(18)30-12-31-22)20-5-2-14(11-29)8-19(20)25/h2,5-8,12-13,15-17H,3-4,9-10H2,1H3/t13?,15-,16?,17?/m0/s1. The van der Waals surface area contributed by atoms with E-state index < -0.39 is 18.4 Å². The number of hydrogen-bond acceptors (Lipinski definition) is 6. The predicted octanol–water partition coefficient (Wildman–Crippen LogP) is 5.41. The fraction of sp³-hybridized carbons (Fsp3) is 0.417. The van der Waals surface area contributed by atoms with Crippen LogP contribution in [-0.2, 0) is 4.74 Å². The van der Waals surface area contributed by atoms with Gasteiger partial charge in [-0.3, -0.25) is 4.57 Å². The van der Waals surface area contributed by atoms with Crippen molar-refractivity contribution in [3.05, 3.63) is 47.4 Å². The van der Waals surface area contributed by atoms with Gasteiger partial charge in [-0.05, 0) is 44.0 Å². The minimum absolute atomic E-state index is 0.263. The second-order valence-corrected chi connectivity index (χ2v) is 9.36. The van der Waals surface area contributed by atoms with Gasteiger partial charge in [-0.2, -0.15) is 18.4 Å². The molecule has 3 unspecified atom stereocenters. The van der Waals surface area contributed by atoms with E-state index in [1.54, 1.807) is 35.0 Å². The number of halogens is 4. The summed E-state index contributed by atoms with van der Waals surface area (Å²) in [6, 6.07) is 8.30. The van der Waals surface area contributed by atoms with Crippen LogP contribution in [0.2, 0.25) is 5.02 Å². The molecule has 0 spiro atoms. The Bertz CT molecular complexity index is 1340. The van der Waals surface area contributed by atoms with Gasteiger partial charge >= 0.3 is 12.3 Å². The molecule has 2 bridgehead atoms. The van der Waals surface area contributed by atoms with Crippen LogP contribution < -0.4 is 4.74 Å². The molecule has 3 aromatic rings. The number of nitriles is 1. The second-order valence-electron chi connectivity index (χ2n) is 8.95. The van der Waals surface area contributed by atoms with E-state index in [1.807, 2.05) is 6.07 Å². The van der Waals surface area contributed by atoms with Crippen LogP contribution in [-0.4, -0.2) is 56.0 Å². The van der Waals surface area contributed by atoms with Crippen LogP contribution in [0.15, 0.2) is 36.8 Å². The maximum atomic E-state index is 12.8. The maximum Gasteiger partial charge on any atom is 0.425 e. The lowest BCUT2D eigenvalue weighted by Crippen LogP contribution is -2.50. The largest absolute Gasteiger partial charge is 0.474 e. The SMILES string of the molecule is CC(OC(=O)N1C2CC[C@H]1CC(Oc1ncnc3c1ccn3-c1ccc(C#N)cc1Cl)C2)C(F)(F)F. The van der Waals surface area contributed by atoms with Gasteiger partial charge in [-0.1, -0.05) is 11.6 Å². The number of benzene rings is 1. The molecule has 2 fully saturated rings. The molecular formula is C24H21ClF3N5O3. The first-order valence-electron chi connectivity index (χ1n) is 11.4. The number of ether oxygens (including phenoxy) is 2. The van der Waals surface area contributed by atoms with Gasteiger partial charge < -0.3 is 14.4 Å². The van der Waals surface area contributed by atoms with E-state index in [0.717, 1.165) is 6.92 Å². The fourth-order valence-corrected chi connectivity index (χ4v) is 5.22. The molecule has 4 atom stereocenters. The predicted molar refractivity (Wildman–Crippen MR) is 123 cm³/mol. The lowest BCUT2D eigenvalue weighted by atomic mass is 10.0. The molecule has 36 heavy (non-hydrogen) atoms. The molecule has 5 rings (SSSR count). The molecule has 0 radical (unpaired) electrons. The van der Waals surface area contributed by atoms with Gasteiger partial charge in [0, 0.05) is 31.1 Å². The maximum absolute atomic E-state index is 12.8. The average molecular weight is 520 g/mol. The second kappa shape index (κ2) is 9.17. The molecule has 0 aliphatic carbocycles. The quantitative estimate of drug-likeness (QED) is 0.458. The molecule has 1 aromatic carbocycles. The highest BCUT2D eigenvalue weighted by atomic mass is 35.5. The molecule has 188 valence electrons. The molecule has 2 saturated heterocycles. The Balaban J connectivity index is 1.33. The van der Waals surface area contributed by atoms with Gasteiger partial charge in [-0.15, -0.1) is 0 Å². The molecule has 12 heteroatoms. The minimum atomic E-state index is -4.60. The van der Waals surface area contributed by atoms with Gasteiger partial charge in [0.2, 0.25) is 5.88 Å². The molecule has 0 saturated carbocycles. The van der Waals surface area contributed by atoms with E-state index in [-0.39, 0.29) is 18.2 Å². The van der Waals surface area contributed by atoms with E-state index in [4.69, 9.17) is 21.6 Å². The fourth-order valence-electron chi connectivity index (χ4n) is 4.95. The van der Waals surface area contributed by atoms with Crippen LogP contribution in [0, 0.1) is 11.3 Å². The monoisotopic (exact) mass is 519 g/mol. The Morgan fingerprint density at radius 3 is 2.58 bits per heavy atom. The number of carbonyl (C=O) groups excluding carboxylic acids is 1. The first-order chi connectivity index (χ1) is 17.2. The zero-order chi connectivity index (χ0) is 25.6. The zero-order valence-electron chi connectivity index (χ0n) is 19.1. The number of hydrogen-bond donors (Lipinski definition) is 0. The summed E-state index contributed by atoms with van der Waals surface area (Å²) in [5.74, 6) is 0.370. The van der Waals surface area contributed by atoms with Crippen LogP contribution in [0.3, 0.4) is 0 Å². The zero-order valence-corrected chi connectivity index (χ0v) is 19.8. The highest BCUT2D eigenvalue weighted by Crippen LogP contribution is 2.39. The van der Waals surface area contributed by atoms with Gasteiger partial charge in [-0.25, -0.2) is 14.8 Å². The Morgan fingerprint density at radius 2 is 1.94 bits per heavy atom. The molecule has 0 N–H and O–H groups in total. The first kappa shape index (κ1) is 24.2. The van der Waals surface area contributed by atoms with E-state index in [1.165, 1.54) is 11.2 Å². The van der Waals surface area contributed by atoms with E-state index in [9.17, 15) is 18.0 Å². The Kier molecular flexibility index (Phi) is 6.16. The summed E-state index contributed by atoms with van der Waals surface area (Å²) in [4.78, 5) is 22.6. The molecule has 2 aliphatic heterocycles. The van der Waals surface area contributed by atoms with Gasteiger partial charge in [0.1, 0.15) is 12.4 Å². The van der Waals surface area contributed by atoms with Crippen molar-refractivity contribution in [1.29, 1.82) is 5.26 Å². The summed E-state index contributed by atoms with van der Waals surface area (Å²) in [5, 5.41) is 10.1. The van der Waals surface area contributed by atoms with Crippen molar-refractivity contribution >= 4 is 28.7 Å². The summed E-state index contributed by atoms with van der Waals surface area (Å²) in [6.07, 6.45) is -2.56. The summed E-state index contributed by atoms with van der Waals surface area (Å²) < 4.78 is 51.2. The highest BCUT2D eigenvalue weighted by molar-refractivity contribution is 6.32. The van der Waals surface area contributed by atoms with Gasteiger partial charge in [0.15, 0.2) is 11.8 Å². The number of alkyl halides is 3. The van der Waals surface area contributed by atoms with E-state index in [2.05, 4.69) is 14.7 Å².